The van der Waals surface area contributed by atoms with Crippen LogP contribution in [0.2, 0.25) is 0 Å². The zero-order chi connectivity index (χ0) is 41.0. The summed E-state index contributed by atoms with van der Waals surface area (Å²) in [6.45, 7) is 13.0. The highest BCUT2D eigenvalue weighted by Gasteiger charge is 2.04. The molecule has 0 aromatic heterocycles. The summed E-state index contributed by atoms with van der Waals surface area (Å²) < 4.78 is 60.8. The summed E-state index contributed by atoms with van der Waals surface area (Å²) in [6, 6.07) is 8.43. The fourth-order valence-electron chi connectivity index (χ4n) is 5.05. The number of carbonyl (C=O) groups is 2. The van der Waals surface area contributed by atoms with Crippen LogP contribution in [0.1, 0.15) is 76.7 Å². The number of rotatable bonds is 46. The second-order valence-corrected chi connectivity index (χ2v) is 13.1. The second kappa shape index (κ2) is 43.1. The molecule has 332 valence electrons. The first-order chi connectivity index (χ1) is 28.1. The van der Waals surface area contributed by atoms with Crippen LogP contribution < -0.4 is 10.1 Å². The Kier molecular flexibility index (Phi) is 39.8. The maximum atomic E-state index is 11.4. The van der Waals surface area contributed by atoms with Crippen molar-refractivity contribution < 1.29 is 66.8 Å². The average Bonchev–Trinajstić information content (AvgIpc) is 3.21. The SMILES string of the molecule is CCCCCCCCCc1ccc(OCCOCCOCCOCCOCCOCCOCCOCCOCCOCCOCCCNC(=O)CCC(=O)O)cc1. The number of carboxylic acid groups (broad SMARTS) is 1. The first-order valence-corrected chi connectivity index (χ1v) is 21.1. The van der Waals surface area contributed by atoms with Crippen molar-refractivity contribution in [3.8, 4) is 5.75 Å². The number of carboxylic acids is 1. The van der Waals surface area contributed by atoms with E-state index in [9.17, 15) is 9.59 Å². The van der Waals surface area contributed by atoms with E-state index in [1.807, 2.05) is 12.1 Å². The first kappa shape index (κ1) is 52.6. The van der Waals surface area contributed by atoms with Gasteiger partial charge in [0.2, 0.25) is 5.91 Å². The van der Waals surface area contributed by atoms with E-state index < -0.39 is 5.97 Å². The smallest absolute Gasteiger partial charge is 0.303 e. The molecule has 0 aliphatic carbocycles. The van der Waals surface area contributed by atoms with Crippen LogP contribution in [0.5, 0.6) is 5.75 Å². The summed E-state index contributed by atoms with van der Waals surface area (Å²) in [7, 11) is 0. The van der Waals surface area contributed by atoms with Gasteiger partial charge in [-0.3, -0.25) is 9.59 Å². The van der Waals surface area contributed by atoms with Crippen molar-refractivity contribution in [1.29, 1.82) is 0 Å². The number of nitrogens with one attached hydrogen (secondary N) is 1. The monoisotopic (exact) mass is 818 g/mol. The van der Waals surface area contributed by atoms with Gasteiger partial charge in [0.1, 0.15) is 12.4 Å². The predicted octanol–water partition coefficient (Wildman–Crippen LogP) is 4.90. The largest absolute Gasteiger partial charge is 0.491 e. The fourth-order valence-corrected chi connectivity index (χ4v) is 5.05. The zero-order valence-corrected chi connectivity index (χ0v) is 34.9. The highest BCUT2D eigenvalue weighted by atomic mass is 16.6. The van der Waals surface area contributed by atoms with E-state index in [0.29, 0.717) is 152 Å². The van der Waals surface area contributed by atoms with Gasteiger partial charge in [0.05, 0.1) is 132 Å². The van der Waals surface area contributed by atoms with Crippen LogP contribution in [0.3, 0.4) is 0 Å². The number of aliphatic carboxylic acids is 1. The van der Waals surface area contributed by atoms with E-state index in [4.69, 9.17) is 57.2 Å². The molecule has 1 aromatic rings. The van der Waals surface area contributed by atoms with E-state index >= 15 is 0 Å². The number of benzene rings is 1. The van der Waals surface area contributed by atoms with Crippen molar-refractivity contribution in [2.24, 2.45) is 0 Å². The van der Waals surface area contributed by atoms with Crippen LogP contribution in [0.25, 0.3) is 0 Å². The summed E-state index contributed by atoms with van der Waals surface area (Å²) in [4.78, 5) is 21.8. The van der Waals surface area contributed by atoms with Crippen molar-refractivity contribution in [2.45, 2.75) is 77.6 Å². The molecule has 0 atom stereocenters. The van der Waals surface area contributed by atoms with Crippen LogP contribution in [-0.4, -0.2) is 162 Å². The molecule has 57 heavy (non-hydrogen) atoms. The first-order valence-electron chi connectivity index (χ1n) is 21.1. The number of amides is 1. The molecule has 15 nitrogen and oxygen atoms in total. The Balaban J connectivity index is 1.68. The number of hydrogen-bond donors (Lipinski definition) is 2. The van der Waals surface area contributed by atoms with Gasteiger partial charge in [0.15, 0.2) is 0 Å². The van der Waals surface area contributed by atoms with Crippen LogP contribution >= 0.6 is 0 Å². The van der Waals surface area contributed by atoms with Crippen LogP contribution in [0, 0.1) is 0 Å². The van der Waals surface area contributed by atoms with Gasteiger partial charge in [-0.15, -0.1) is 0 Å². The minimum absolute atomic E-state index is 0.0103. The zero-order valence-electron chi connectivity index (χ0n) is 34.9. The summed E-state index contributed by atoms with van der Waals surface area (Å²) in [5, 5.41) is 11.2. The third-order valence-electron chi connectivity index (χ3n) is 8.19. The van der Waals surface area contributed by atoms with Gasteiger partial charge in [0, 0.05) is 19.6 Å². The van der Waals surface area contributed by atoms with Gasteiger partial charge in [-0.2, -0.15) is 0 Å². The lowest BCUT2D eigenvalue weighted by Crippen LogP contribution is -2.25. The Labute approximate surface area is 341 Å². The lowest BCUT2D eigenvalue weighted by Gasteiger charge is -2.09. The normalized spacial score (nSPS) is 11.3. The molecule has 1 rings (SSSR count). The fraction of sp³-hybridized carbons (Fsp3) is 0.810. The molecule has 1 aromatic carbocycles. The molecule has 0 aliphatic heterocycles. The van der Waals surface area contributed by atoms with E-state index in [-0.39, 0.29) is 18.7 Å². The summed E-state index contributed by atoms with van der Waals surface area (Å²) >= 11 is 0. The van der Waals surface area contributed by atoms with Gasteiger partial charge in [-0.25, -0.2) is 0 Å². The molecule has 0 heterocycles. The van der Waals surface area contributed by atoms with E-state index in [1.165, 1.54) is 50.5 Å². The third kappa shape index (κ3) is 40.1. The van der Waals surface area contributed by atoms with E-state index in [1.54, 1.807) is 0 Å². The Hall–Kier alpha value is -2.44. The predicted molar refractivity (Wildman–Crippen MR) is 216 cm³/mol. The number of unbranched alkanes of at least 4 members (excludes halogenated alkanes) is 6. The minimum atomic E-state index is -0.982. The Bertz CT molecular complexity index is 1000. The molecule has 0 aliphatic rings. The number of hydrogen-bond acceptors (Lipinski definition) is 13. The van der Waals surface area contributed by atoms with Crippen LogP contribution in [0.15, 0.2) is 24.3 Å². The van der Waals surface area contributed by atoms with Crippen molar-refractivity contribution in [3.05, 3.63) is 29.8 Å². The topological polar surface area (TPSA) is 168 Å². The third-order valence-corrected chi connectivity index (χ3v) is 8.19. The standard InChI is InChI=1S/C42H75NO14/c1-2-3-4-5-6-7-8-10-39-11-13-40(14-12-39)57-38-37-56-36-35-55-34-33-54-32-31-53-30-29-52-28-27-51-26-25-50-24-23-49-22-21-48-20-19-47-18-9-17-43-41(44)15-16-42(45)46/h11-14H,2-10,15-38H2,1H3,(H,43,44)(H,45,46). The molecular formula is C42H75NO14. The summed E-state index contributed by atoms with van der Waals surface area (Å²) in [5.41, 5.74) is 1.37. The van der Waals surface area contributed by atoms with Crippen molar-refractivity contribution in [3.63, 3.8) is 0 Å². The van der Waals surface area contributed by atoms with Crippen molar-refractivity contribution >= 4 is 11.9 Å². The highest BCUT2D eigenvalue weighted by molar-refractivity contribution is 5.80. The number of aryl methyl sites for hydroxylation is 1. The quantitative estimate of drug-likeness (QED) is 0.0854. The highest BCUT2D eigenvalue weighted by Crippen LogP contribution is 2.15. The lowest BCUT2D eigenvalue weighted by molar-refractivity contribution is -0.138. The van der Waals surface area contributed by atoms with Gasteiger partial charge in [-0.1, -0.05) is 57.6 Å². The second-order valence-electron chi connectivity index (χ2n) is 13.1. The lowest BCUT2D eigenvalue weighted by atomic mass is 10.0. The molecule has 0 radical (unpaired) electrons. The molecule has 0 saturated heterocycles. The van der Waals surface area contributed by atoms with Crippen molar-refractivity contribution in [1.82, 2.24) is 5.32 Å². The Morgan fingerprint density at radius 3 is 1.23 bits per heavy atom. The molecule has 0 bridgehead atoms. The molecular weight excluding hydrogens is 742 g/mol. The number of ether oxygens (including phenoxy) is 11. The summed E-state index contributed by atoms with van der Waals surface area (Å²) in [5.74, 6) is -0.369. The molecule has 2 N–H and O–H groups in total. The summed E-state index contributed by atoms with van der Waals surface area (Å²) in [6.07, 6.45) is 10.9. The van der Waals surface area contributed by atoms with Gasteiger partial charge in [-0.05, 0) is 37.0 Å². The maximum Gasteiger partial charge on any atom is 0.303 e. The van der Waals surface area contributed by atoms with E-state index in [2.05, 4.69) is 24.4 Å². The van der Waals surface area contributed by atoms with E-state index in [0.717, 1.165) is 12.2 Å². The molecule has 0 fully saturated rings. The van der Waals surface area contributed by atoms with Crippen LogP contribution in [-0.2, 0) is 63.4 Å². The average molecular weight is 818 g/mol. The van der Waals surface area contributed by atoms with Crippen LogP contribution in [0.4, 0.5) is 0 Å². The molecule has 0 spiro atoms. The maximum absolute atomic E-state index is 11.4. The minimum Gasteiger partial charge on any atom is -0.491 e. The molecule has 1 amide bonds. The number of carbonyl (C=O) groups excluding carboxylic acids is 1. The van der Waals surface area contributed by atoms with Gasteiger partial charge in [0.25, 0.3) is 0 Å². The Morgan fingerprint density at radius 2 is 0.825 bits per heavy atom. The molecule has 0 saturated carbocycles. The molecule has 0 unspecified atom stereocenters. The Morgan fingerprint density at radius 1 is 0.456 bits per heavy atom. The van der Waals surface area contributed by atoms with Crippen molar-refractivity contribution in [2.75, 3.05) is 145 Å². The molecule has 15 heteroatoms. The van der Waals surface area contributed by atoms with Gasteiger partial charge >= 0.3 is 5.97 Å². The van der Waals surface area contributed by atoms with Gasteiger partial charge < -0.3 is 62.5 Å².